The lowest BCUT2D eigenvalue weighted by atomic mass is 9.66. The van der Waals surface area contributed by atoms with Gasteiger partial charge in [-0.2, -0.15) is 0 Å². The Morgan fingerprint density at radius 1 is 0.231 bits per heavy atom. The maximum Gasteiger partial charge on any atom is 0.164 e. The third-order valence-electron chi connectivity index (χ3n) is 13.6. The summed E-state index contributed by atoms with van der Waals surface area (Å²) >= 11 is 0. The minimum atomic E-state index is -0.557. The Kier molecular flexibility index (Phi) is 8.44. The molecule has 0 bridgehead atoms. The normalized spacial score (nSPS) is 12.7. The number of fused-ring (bicyclic) bond motifs is 13. The molecular weight excluding hydrogens is 787 g/mol. The van der Waals surface area contributed by atoms with E-state index in [-0.39, 0.29) is 0 Å². The van der Waals surface area contributed by atoms with E-state index in [1.165, 1.54) is 72.0 Å². The fourth-order valence-corrected chi connectivity index (χ4v) is 10.7. The van der Waals surface area contributed by atoms with E-state index < -0.39 is 5.41 Å². The van der Waals surface area contributed by atoms with E-state index in [0.29, 0.717) is 17.5 Å². The second-order valence-corrected chi connectivity index (χ2v) is 17.0. The Morgan fingerprint density at radius 2 is 0.615 bits per heavy atom. The molecule has 0 saturated heterocycles. The highest BCUT2D eigenvalue weighted by Gasteiger charge is 2.49. The lowest BCUT2D eigenvalue weighted by Gasteiger charge is -2.35. The van der Waals surface area contributed by atoms with Gasteiger partial charge < -0.3 is 0 Å². The molecule has 1 heterocycles. The molecular formula is C62H39N3. The van der Waals surface area contributed by atoms with Gasteiger partial charge in [0, 0.05) is 16.7 Å². The van der Waals surface area contributed by atoms with Gasteiger partial charge in [0.25, 0.3) is 0 Å². The molecule has 0 fully saturated rings. The van der Waals surface area contributed by atoms with Crippen LogP contribution in [0.4, 0.5) is 0 Å². The van der Waals surface area contributed by atoms with Crippen LogP contribution in [-0.2, 0) is 5.41 Å². The Labute approximate surface area is 378 Å². The Bertz CT molecular complexity index is 3590. The monoisotopic (exact) mass is 825 g/mol. The molecule has 11 aromatic rings. The zero-order valence-corrected chi connectivity index (χ0v) is 35.4. The summed E-state index contributed by atoms with van der Waals surface area (Å²) in [7, 11) is 0. The summed E-state index contributed by atoms with van der Waals surface area (Å²) in [6.07, 6.45) is 0. The average Bonchev–Trinajstić information content (AvgIpc) is 3.63. The van der Waals surface area contributed by atoms with Crippen LogP contribution in [0.2, 0.25) is 0 Å². The third kappa shape index (κ3) is 5.79. The number of nitrogens with zero attached hydrogens (tertiary/aromatic N) is 3. The van der Waals surface area contributed by atoms with Crippen LogP contribution in [0.3, 0.4) is 0 Å². The Hall–Kier alpha value is -8.53. The molecule has 0 N–H and O–H groups in total. The molecule has 302 valence electrons. The van der Waals surface area contributed by atoms with Gasteiger partial charge in [-0.15, -0.1) is 0 Å². The van der Waals surface area contributed by atoms with Crippen molar-refractivity contribution < 1.29 is 0 Å². The zero-order chi connectivity index (χ0) is 42.9. The molecule has 2 aliphatic carbocycles. The molecule has 2 aliphatic rings. The molecule has 0 atom stereocenters. The van der Waals surface area contributed by atoms with Gasteiger partial charge >= 0.3 is 0 Å². The van der Waals surface area contributed by atoms with Gasteiger partial charge in [0.2, 0.25) is 0 Å². The summed E-state index contributed by atoms with van der Waals surface area (Å²) in [5.74, 6) is 1.87. The van der Waals surface area contributed by atoms with E-state index in [2.05, 4.69) is 231 Å². The predicted octanol–water partition coefficient (Wildman–Crippen LogP) is 15.4. The van der Waals surface area contributed by atoms with Gasteiger partial charge in [-0.25, -0.2) is 15.0 Å². The van der Waals surface area contributed by atoms with Crippen molar-refractivity contribution in [3.8, 4) is 89.8 Å². The van der Waals surface area contributed by atoms with E-state index in [4.69, 9.17) is 15.0 Å². The van der Waals surface area contributed by atoms with Crippen LogP contribution in [0, 0.1) is 0 Å². The Morgan fingerprint density at radius 3 is 1.23 bits per heavy atom. The van der Waals surface area contributed by atoms with E-state index in [1.54, 1.807) is 0 Å². The molecule has 0 aliphatic heterocycles. The summed E-state index contributed by atoms with van der Waals surface area (Å²) in [6, 6.07) is 85.4. The van der Waals surface area contributed by atoms with Crippen LogP contribution >= 0.6 is 0 Å². The second kappa shape index (κ2) is 14.8. The lowest BCUT2D eigenvalue weighted by molar-refractivity contribution is 0.775. The summed E-state index contributed by atoms with van der Waals surface area (Å²) in [5, 5.41) is 2.45. The molecule has 1 aromatic heterocycles. The van der Waals surface area contributed by atoms with E-state index in [9.17, 15) is 0 Å². The van der Waals surface area contributed by atoms with Gasteiger partial charge in [-0.05, 0) is 94.7 Å². The SMILES string of the molecule is c1ccc(-c2ccc(-c3nc(-c4ccc(-c5cccc6ccccc56)cc4)nc(-c4ccc5c(c4)-c4ccccc4-c4ccccc4C54c5ccccc5-c5ccccc54)n3)cc2)cc1. The van der Waals surface area contributed by atoms with Crippen LogP contribution in [0.25, 0.3) is 101 Å². The highest BCUT2D eigenvalue weighted by Crippen LogP contribution is 2.61. The first-order valence-electron chi connectivity index (χ1n) is 22.3. The van der Waals surface area contributed by atoms with Crippen LogP contribution < -0.4 is 0 Å². The van der Waals surface area contributed by atoms with Crippen molar-refractivity contribution in [2.45, 2.75) is 5.41 Å². The smallest absolute Gasteiger partial charge is 0.164 e. The minimum absolute atomic E-state index is 0.557. The fraction of sp³-hybridized carbons (Fsp3) is 0.0161. The molecule has 3 heteroatoms. The van der Waals surface area contributed by atoms with Gasteiger partial charge in [0.05, 0.1) is 5.41 Å². The largest absolute Gasteiger partial charge is 0.208 e. The van der Waals surface area contributed by atoms with Crippen molar-refractivity contribution in [3.05, 3.63) is 259 Å². The third-order valence-corrected chi connectivity index (χ3v) is 13.6. The molecule has 1 spiro atoms. The van der Waals surface area contributed by atoms with Crippen LogP contribution in [0.5, 0.6) is 0 Å². The minimum Gasteiger partial charge on any atom is -0.208 e. The fourth-order valence-electron chi connectivity index (χ4n) is 10.7. The zero-order valence-electron chi connectivity index (χ0n) is 35.4. The molecule has 13 rings (SSSR count). The highest BCUT2D eigenvalue weighted by atomic mass is 15.0. The average molecular weight is 826 g/mol. The number of benzene rings is 10. The molecule has 65 heavy (non-hydrogen) atoms. The first kappa shape index (κ1) is 37.1. The maximum atomic E-state index is 5.32. The molecule has 0 unspecified atom stereocenters. The molecule has 0 radical (unpaired) electrons. The number of hydrogen-bond donors (Lipinski definition) is 0. The lowest BCUT2D eigenvalue weighted by Crippen LogP contribution is -2.29. The number of rotatable bonds is 5. The van der Waals surface area contributed by atoms with Crippen molar-refractivity contribution in [2.24, 2.45) is 0 Å². The van der Waals surface area contributed by atoms with Crippen LogP contribution in [0.1, 0.15) is 22.3 Å². The van der Waals surface area contributed by atoms with Crippen LogP contribution in [0.15, 0.2) is 237 Å². The van der Waals surface area contributed by atoms with Crippen molar-refractivity contribution in [3.63, 3.8) is 0 Å². The summed E-state index contributed by atoms with van der Waals surface area (Å²) in [4.78, 5) is 15.8. The molecule has 3 nitrogen and oxygen atoms in total. The number of aromatic nitrogens is 3. The van der Waals surface area contributed by atoms with Gasteiger partial charge in [0.15, 0.2) is 17.5 Å². The Balaban J connectivity index is 1.02. The topological polar surface area (TPSA) is 38.7 Å². The van der Waals surface area contributed by atoms with Gasteiger partial charge in [0.1, 0.15) is 0 Å². The highest BCUT2D eigenvalue weighted by molar-refractivity contribution is 5.99. The molecule has 10 aromatic carbocycles. The summed E-state index contributed by atoms with van der Waals surface area (Å²) < 4.78 is 0. The predicted molar refractivity (Wildman–Crippen MR) is 266 cm³/mol. The summed E-state index contributed by atoms with van der Waals surface area (Å²) in [5.41, 5.74) is 19.3. The molecule has 0 saturated carbocycles. The van der Waals surface area contributed by atoms with Gasteiger partial charge in [-0.1, -0.05) is 231 Å². The first-order chi connectivity index (χ1) is 32.2. The van der Waals surface area contributed by atoms with E-state index in [1.807, 2.05) is 6.07 Å². The quantitative estimate of drug-likeness (QED) is 0.173. The van der Waals surface area contributed by atoms with Crippen molar-refractivity contribution >= 4 is 10.8 Å². The van der Waals surface area contributed by atoms with Crippen molar-refractivity contribution in [1.82, 2.24) is 15.0 Å². The van der Waals surface area contributed by atoms with E-state index in [0.717, 1.165) is 33.4 Å². The summed E-state index contributed by atoms with van der Waals surface area (Å²) in [6.45, 7) is 0. The maximum absolute atomic E-state index is 5.32. The molecule has 0 amide bonds. The standard InChI is InChI=1S/C62H39N3/c1-2-15-40(16-3-1)41-29-33-44(34-30-41)59-63-60(45-35-31-43(32-36-45)48-25-14-18-42-17-4-5-19-47(42)48)65-61(64-59)46-37-38-58-54(39-46)50-21-7-6-20-49(50)51-22-8-11-26-55(51)62(58)56-27-12-9-23-52(56)53-24-10-13-28-57(53)62/h1-39H. The van der Waals surface area contributed by atoms with Crippen LogP contribution in [-0.4, -0.2) is 15.0 Å². The van der Waals surface area contributed by atoms with Crippen molar-refractivity contribution in [1.29, 1.82) is 0 Å². The van der Waals surface area contributed by atoms with Crippen molar-refractivity contribution in [2.75, 3.05) is 0 Å². The second-order valence-electron chi connectivity index (χ2n) is 17.0. The number of hydrogen-bond acceptors (Lipinski definition) is 3. The first-order valence-corrected chi connectivity index (χ1v) is 22.3. The van der Waals surface area contributed by atoms with E-state index >= 15 is 0 Å². The van der Waals surface area contributed by atoms with Gasteiger partial charge in [-0.3, -0.25) is 0 Å².